The van der Waals surface area contributed by atoms with E-state index in [4.69, 9.17) is 26.2 Å². The van der Waals surface area contributed by atoms with Gasteiger partial charge in [0.1, 0.15) is 23.5 Å². The second kappa shape index (κ2) is 13.4. The van der Waals surface area contributed by atoms with Crippen molar-refractivity contribution in [3.63, 3.8) is 0 Å². The van der Waals surface area contributed by atoms with E-state index < -0.39 is 18.0 Å². The zero-order chi connectivity index (χ0) is 28.6. The molecule has 0 bridgehead atoms. The number of hydrogen-bond acceptors (Lipinski definition) is 4. The van der Waals surface area contributed by atoms with Crippen LogP contribution in [0.3, 0.4) is 0 Å². The molecular formula is C27H24ClF5N2O4. The molecule has 208 valence electrons. The standard InChI is InChI=1S/C25H23ClF2N2O2.C2HF3O2/c26-23-15-21(29-25(31)18-3-7-20(28)8-4-18)9-10-24(23)32-22-11-13-30(14-12-22)16-17-1-5-19(27)6-2-17;3-2(4,5)1(6)7/h1-10,15,22H,11-14,16H2,(H,29,31);(H,6,7). The van der Waals surface area contributed by atoms with E-state index in [2.05, 4.69) is 10.2 Å². The Kier molecular flexibility index (Phi) is 10.2. The van der Waals surface area contributed by atoms with Crippen molar-refractivity contribution in [3.8, 4) is 5.75 Å². The van der Waals surface area contributed by atoms with Crippen LogP contribution in [0.4, 0.5) is 27.6 Å². The van der Waals surface area contributed by atoms with E-state index in [1.807, 2.05) is 12.1 Å². The summed E-state index contributed by atoms with van der Waals surface area (Å²) in [6, 6.07) is 17.0. The Labute approximate surface area is 226 Å². The van der Waals surface area contributed by atoms with Crippen molar-refractivity contribution < 1.29 is 41.4 Å². The number of likely N-dealkylation sites (tertiary alicyclic amines) is 1. The average Bonchev–Trinajstić information content (AvgIpc) is 2.88. The van der Waals surface area contributed by atoms with Crippen molar-refractivity contribution in [2.45, 2.75) is 31.7 Å². The summed E-state index contributed by atoms with van der Waals surface area (Å²) in [5, 5.41) is 10.3. The summed E-state index contributed by atoms with van der Waals surface area (Å²) in [5.74, 6) is -3.15. The Bertz CT molecular complexity index is 1260. The third kappa shape index (κ3) is 9.52. The van der Waals surface area contributed by atoms with E-state index in [-0.39, 0.29) is 17.8 Å². The summed E-state index contributed by atoms with van der Waals surface area (Å²) < 4.78 is 63.9. The van der Waals surface area contributed by atoms with Crippen molar-refractivity contribution in [1.29, 1.82) is 0 Å². The van der Waals surface area contributed by atoms with Crippen LogP contribution in [0.25, 0.3) is 0 Å². The first kappa shape index (κ1) is 29.9. The minimum atomic E-state index is -5.08. The lowest BCUT2D eigenvalue weighted by atomic mass is 10.1. The van der Waals surface area contributed by atoms with Gasteiger partial charge in [0.25, 0.3) is 5.91 Å². The Morgan fingerprint density at radius 2 is 1.49 bits per heavy atom. The first-order valence-electron chi connectivity index (χ1n) is 11.7. The first-order valence-corrected chi connectivity index (χ1v) is 12.1. The largest absolute Gasteiger partial charge is 0.490 e. The Balaban J connectivity index is 0.000000532. The van der Waals surface area contributed by atoms with Gasteiger partial charge in [-0.05, 0) is 73.0 Å². The second-order valence-corrected chi connectivity index (χ2v) is 9.04. The summed E-state index contributed by atoms with van der Waals surface area (Å²) in [4.78, 5) is 23.5. The number of alkyl halides is 3. The number of anilines is 1. The van der Waals surface area contributed by atoms with Crippen LogP contribution in [0.1, 0.15) is 28.8 Å². The van der Waals surface area contributed by atoms with Crippen molar-refractivity contribution >= 4 is 29.2 Å². The Morgan fingerprint density at radius 3 is 2.00 bits per heavy atom. The number of nitrogens with one attached hydrogen (secondary N) is 1. The number of ether oxygens (including phenoxy) is 1. The molecule has 1 amide bonds. The number of carboxylic acids is 1. The van der Waals surface area contributed by atoms with E-state index in [1.165, 1.54) is 36.4 Å². The van der Waals surface area contributed by atoms with Gasteiger partial charge in [0.15, 0.2) is 0 Å². The van der Waals surface area contributed by atoms with Gasteiger partial charge in [-0.2, -0.15) is 13.2 Å². The summed E-state index contributed by atoms with van der Waals surface area (Å²) in [6.45, 7) is 2.55. The highest BCUT2D eigenvalue weighted by atomic mass is 35.5. The van der Waals surface area contributed by atoms with Crippen LogP contribution in [-0.4, -0.2) is 47.3 Å². The zero-order valence-corrected chi connectivity index (χ0v) is 21.1. The first-order chi connectivity index (χ1) is 18.4. The van der Waals surface area contributed by atoms with E-state index in [9.17, 15) is 26.7 Å². The predicted octanol–water partition coefficient (Wildman–Crippen LogP) is 6.55. The fourth-order valence-electron chi connectivity index (χ4n) is 3.69. The van der Waals surface area contributed by atoms with Crippen LogP contribution in [0, 0.1) is 11.6 Å². The van der Waals surface area contributed by atoms with Crippen LogP contribution in [-0.2, 0) is 11.3 Å². The number of aliphatic carboxylic acids is 1. The predicted molar refractivity (Wildman–Crippen MR) is 135 cm³/mol. The van der Waals surface area contributed by atoms with Crippen molar-refractivity contribution in [3.05, 3.63) is 94.5 Å². The molecule has 1 aliphatic rings. The number of hydrogen-bond donors (Lipinski definition) is 2. The topological polar surface area (TPSA) is 78.9 Å². The van der Waals surface area contributed by atoms with Gasteiger partial charge in [-0.25, -0.2) is 13.6 Å². The molecule has 2 N–H and O–H groups in total. The molecule has 1 heterocycles. The molecule has 0 aliphatic carbocycles. The molecule has 3 aromatic rings. The molecule has 1 fully saturated rings. The lowest BCUT2D eigenvalue weighted by molar-refractivity contribution is -0.192. The molecule has 1 saturated heterocycles. The summed E-state index contributed by atoms with van der Waals surface area (Å²) in [6.07, 6.45) is -3.31. The molecule has 6 nitrogen and oxygen atoms in total. The highest BCUT2D eigenvalue weighted by molar-refractivity contribution is 6.32. The fraction of sp³-hybridized carbons (Fsp3) is 0.259. The minimum absolute atomic E-state index is 0.0524. The van der Waals surface area contributed by atoms with Gasteiger partial charge in [0, 0.05) is 30.9 Å². The van der Waals surface area contributed by atoms with Gasteiger partial charge in [0.2, 0.25) is 0 Å². The summed E-state index contributed by atoms with van der Waals surface area (Å²) in [5.41, 5.74) is 1.98. The highest BCUT2D eigenvalue weighted by Gasteiger charge is 2.38. The zero-order valence-electron chi connectivity index (χ0n) is 20.4. The third-order valence-electron chi connectivity index (χ3n) is 5.69. The minimum Gasteiger partial charge on any atom is -0.489 e. The summed E-state index contributed by atoms with van der Waals surface area (Å²) in [7, 11) is 0. The molecule has 0 aromatic heterocycles. The number of amides is 1. The van der Waals surface area contributed by atoms with Crippen LogP contribution in [0.5, 0.6) is 5.75 Å². The number of piperidine rings is 1. The maximum atomic E-state index is 13.1. The van der Waals surface area contributed by atoms with Gasteiger partial charge >= 0.3 is 12.1 Å². The average molecular weight is 571 g/mol. The number of halogens is 6. The second-order valence-electron chi connectivity index (χ2n) is 8.63. The number of rotatable bonds is 6. The van der Waals surface area contributed by atoms with Crippen molar-refractivity contribution in [2.75, 3.05) is 18.4 Å². The third-order valence-corrected chi connectivity index (χ3v) is 5.98. The maximum Gasteiger partial charge on any atom is 0.490 e. The number of carboxylic acid groups (broad SMARTS) is 1. The van der Waals surface area contributed by atoms with Crippen molar-refractivity contribution in [2.24, 2.45) is 0 Å². The van der Waals surface area contributed by atoms with Crippen molar-refractivity contribution in [1.82, 2.24) is 4.90 Å². The quantitative estimate of drug-likeness (QED) is 0.329. The smallest absolute Gasteiger partial charge is 0.489 e. The molecule has 3 aromatic carbocycles. The van der Waals surface area contributed by atoms with Gasteiger partial charge in [-0.3, -0.25) is 9.69 Å². The molecule has 39 heavy (non-hydrogen) atoms. The van der Waals surface area contributed by atoms with Gasteiger partial charge in [0.05, 0.1) is 5.02 Å². The molecule has 4 rings (SSSR count). The fourth-order valence-corrected chi connectivity index (χ4v) is 3.92. The van der Waals surface area contributed by atoms with E-state index in [0.717, 1.165) is 38.0 Å². The Hall–Kier alpha value is -3.70. The highest BCUT2D eigenvalue weighted by Crippen LogP contribution is 2.30. The van der Waals surface area contributed by atoms with Crippen LogP contribution < -0.4 is 10.1 Å². The van der Waals surface area contributed by atoms with Gasteiger partial charge < -0.3 is 15.2 Å². The lowest BCUT2D eigenvalue weighted by Gasteiger charge is -2.32. The lowest BCUT2D eigenvalue weighted by Crippen LogP contribution is -2.37. The number of carbonyl (C=O) groups is 2. The van der Waals surface area contributed by atoms with Crippen LogP contribution in [0.15, 0.2) is 66.7 Å². The SMILES string of the molecule is O=C(Nc1ccc(OC2CCN(Cc3ccc(F)cc3)CC2)c(Cl)c1)c1ccc(F)cc1.O=C(O)C(F)(F)F. The van der Waals surface area contributed by atoms with E-state index >= 15 is 0 Å². The monoisotopic (exact) mass is 570 g/mol. The van der Waals surface area contributed by atoms with Crippen LogP contribution >= 0.6 is 11.6 Å². The van der Waals surface area contributed by atoms with Gasteiger partial charge in [-0.15, -0.1) is 0 Å². The molecule has 0 unspecified atom stereocenters. The Morgan fingerprint density at radius 1 is 0.949 bits per heavy atom. The molecule has 0 atom stereocenters. The maximum absolute atomic E-state index is 13.1. The summed E-state index contributed by atoms with van der Waals surface area (Å²) >= 11 is 6.38. The molecule has 0 spiro atoms. The van der Waals surface area contributed by atoms with Gasteiger partial charge in [-0.1, -0.05) is 23.7 Å². The van der Waals surface area contributed by atoms with Crippen LogP contribution in [0.2, 0.25) is 5.02 Å². The number of benzene rings is 3. The number of carbonyl (C=O) groups excluding carboxylic acids is 1. The number of nitrogens with zero attached hydrogens (tertiary/aromatic N) is 1. The van der Waals surface area contributed by atoms with E-state index in [1.54, 1.807) is 18.2 Å². The molecular weight excluding hydrogens is 547 g/mol. The van der Waals surface area contributed by atoms with E-state index in [0.29, 0.717) is 22.0 Å². The molecule has 1 aliphatic heterocycles. The molecule has 12 heteroatoms. The molecule has 0 saturated carbocycles. The molecule has 0 radical (unpaired) electrons. The normalized spacial score (nSPS) is 14.2.